The van der Waals surface area contributed by atoms with Gasteiger partial charge in [-0.25, -0.2) is 0 Å². The molecule has 2 saturated heterocycles. The lowest BCUT2D eigenvalue weighted by molar-refractivity contribution is -0.337. The molecule has 216 valence electrons. The number of aliphatic hydroxyl groups is 6. The van der Waals surface area contributed by atoms with Crippen LogP contribution in [0.4, 0.5) is 0 Å². The first-order chi connectivity index (χ1) is 18.7. The third-order valence-corrected chi connectivity index (χ3v) is 7.42. The Hall–Kier alpha value is -1.42. The van der Waals surface area contributed by atoms with Crippen molar-refractivity contribution in [2.24, 2.45) is 0 Å². The standard InChI is InChI=1S/C26H34Cl2N2O9/c27-15-5-1-13(2-6-15)9-29-19-21(34)24(39-26-23(36)22(35)20(33)17(11-31)38-26)18(12-32)37-25(19)30-10-14-3-7-16(28)8-4-14/h1-8,17-26,29-36H,9-12H2/t17-,18-,19-,20+,21-,22+,23-,24-,25-,26-/m1/s1. The molecule has 0 radical (unpaired) electrons. The number of aliphatic hydroxyl groups excluding tert-OH is 6. The van der Waals surface area contributed by atoms with Crippen LogP contribution < -0.4 is 10.6 Å². The zero-order valence-corrected chi connectivity index (χ0v) is 22.4. The summed E-state index contributed by atoms with van der Waals surface area (Å²) in [4.78, 5) is 0. The van der Waals surface area contributed by atoms with Gasteiger partial charge in [0.1, 0.15) is 49.0 Å². The second kappa shape index (κ2) is 14.0. The third-order valence-electron chi connectivity index (χ3n) is 6.91. The Morgan fingerprint density at radius 3 is 1.74 bits per heavy atom. The van der Waals surface area contributed by atoms with E-state index in [0.29, 0.717) is 23.1 Å². The molecule has 2 heterocycles. The summed E-state index contributed by atoms with van der Waals surface area (Å²) in [6.07, 6.45) is -12.0. The van der Waals surface area contributed by atoms with E-state index in [9.17, 15) is 30.6 Å². The van der Waals surface area contributed by atoms with Crippen LogP contribution in [0.5, 0.6) is 0 Å². The van der Waals surface area contributed by atoms with E-state index in [0.717, 1.165) is 11.1 Å². The van der Waals surface area contributed by atoms with Crippen LogP contribution in [-0.4, -0.2) is 105 Å². The first kappa shape index (κ1) is 30.5. The smallest absolute Gasteiger partial charge is 0.187 e. The molecular formula is C26H34Cl2N2O9. The summed E-state index contributed by atoms with van der Waals surface area (Å²) in [5, 5.41) is 69.4. The van der Waals surface area contributed by atoms with Gasteiger partial charge < -0.3 is 50.2 Å². The number of benzene rings is 2. The molecule has 2 fully saturated rings. The number of hydrogen-bond acceptors (Lipinski definition) is 11. The molecule has 0 aromatic heterocycles. The molecule has 0 saturated carbocycles. The van der Waals surface area contributed by atoms with Crippen LogP contribution in [0.3, 0.4) is 0 Å². The van der Waals surface area contributed by atoms with Gasteiger partial charge in [-0.05, 0) is 35.4 Å². The SMILES string of the molecule is OC[C@H]1O[C@H](O[C@H]2[C@H](O)[C@@H](NCc3ccc(Cl)cc3)[C@H](NCc3ccc(Cl)cc3)O[C@@H]2CO)[C@H](O)[C@@H](O)[C@H]1O. The van der Waals surface area contributed by atoms with E-state index in [2.05, 4.69) is 10.6 Å². The first-order valence-electron chi connectivity index (χ1n) is 12.6. The minimum atomic E-state index is -1.68. The normalized spacial score (nSPS) is 35.2. The summed E-state index contributed by atoms with van der Waals surface area (Å²) in [6.45, 7) is -0.482. The molecule has 2 aliphatic heterocycles. The van der Waals surface area contributed by atoms with Gasteiger partial charge in [-0.3, -0.25) is 5.32 Å². The van der Waals surface area contributed by atoms with Crippen molar-refractivity contribution in [1.29, 1.82) is 0 Å². The molecule has 2 aliphatic rings. The van der Waals surface area contributed by atoms with E-state index < -0.39 is 74.5 Å². The van der Waals surface area contributed by atoms with Crippen LogP contribution in [-0.2, 0) is 27.3 Å². The minimum absolute atomic E-state index is 0.331. The summed E-state index contributed by atoms with van der Waals surface area (Å²) in [5.74, 6) is 0. The number of nitrogens with one attached hydrogen (secondary N) is 2. The Morgan fingerprint density at radius 1 is 0.667 bits per heavy atom. The highest BCUT2D eigenvalue weighted by Crippen LogP contribution is 2.29. The zero-order chi connectivity index (χ0) is 28.1. The van der Waals surface area contributed by atoms with Gasteiger partial charge in [0.2, 0.25) is 0 Å². The highest BCUT2D eigenvalue weighted by atomic mass is 35.5. The van der Waals surface area contributed by atoms with E-state index in [1.807, 2.05) is 24.3 Å². The molecule has 10 atom stereocenters. The van der Waals surface area contributed by atoms with E-state index in [1.54, 1.807) is 24.3 Å². The van der Waals surface area contributed by atoms with Gasteiger partial charge in [0.25, 0.3) is 0 Å². The fraction of sp³-hybridized carbons (Fsp3) is 0.538. The van der Waals surface area contributed by atoms with Crippen molar-refractivity contribution < 1.29 is 44.8 Å². The molecule has 39 heavy (non-hydrogen) atoms. The third kappa shape index (κ3) is 7.46. The van der Waals surface area contributed by atoms with Gasteiger partial charge in [0, 0.05) is 23.1 Å². The van der Waals surface area contributed by atoms with Crippen molar-refractivity contribution in [3.8, 4) is 0 Å². The maximum absolute atomic E-state index is 11.5. The van der Waals surface area contributed by atoms with Crippen molar-refractivity contribution in [2.45, 2.75) is 74.4 Å². The Kier molecular flexibility index (Phi) is 10.9. The van der Waals surface area contributed by atoms with E-state index in [1.165, 1.54) is 0 Å². The molecular weight excluding hydrogens is 555 g/mol. The van der Waals surface area contributed by atoms with Gasteiger partial charge >= 0.3 is 0 Å². The molecule has 2 aromatic carbocycles. The van der Waals surface area contributed by atoms with E-state index in [4.69, 9.17) is 37.4 Å². The maximum atomic E-state index is 11.5. The van der Waals surface area contributed by atoms with Gasteiger partial charge in [0.15, 0.2) is 6.29 Å². The average molecular weight is 589 g/mol. The van der Waals surface area contributed by atoms with Crippen LogP contribution in [0.25, 0.3) is 0 Å². The second-order valence-electron chi connectivity index (χ2n) is 9.61. The number of rotatable bonds is 10. The van der Waals surface area contributed by atoms with E-state index in [-0.39, 0.29) is 0 Å². The molecule has 0 bridgehead atoms. The van der Waals surface area contributed by atoms with Crippen LogP contribution in [0.2, 0.25) is 10.0 Å². The van der Waals surface area contributed by atoms with Gasteiger partial charge in [-0.15, -0.1) is 0 Å². The minimum Gasteiger partial charge on any atom is -0.394 e. The molecule has 4 rings (SSSR count). The lowest BCUT2D eigenvalue weighted by Crippen LogP contribution is -2.69. The van der Waals surface area contributed by atoms with Crippen molar-refractivity contribution in [1.82, 2.24) is 10.6 Å². The van der Waals surface area contributed by atoms with Crippen LogP contribution in [0, 0.1) is 0 Å². The Balaban J connectivity index is 1.52. The molecule has 0 spiro atoms. The van der Waals surface area contributed by atoms with Gasteiger partial charge in [0.05, 0.1) is 19.3 Å². The Morgan fingerprint density at radius 2 is 1.21 bits per heavy atom. The maximum Gasteiger partial charge on any atom is 0.187 e. The predicted molar refractivity (Wildman–Crippen MR) is 141 cm³/mol. The molecule has 0 amide bonds. The first-order valence-corrected chi connectivity index (χ1v) is 13.3. The molecule has 8 N–H and O–H groups in total. The number of hydrogen-bond donors (Lipinski definition) is 8. The lowest BCUT2D eigenvalue weighted by Gasteiger charge is -2.47. The quantitative estimate of drug-likeness (QED) is 0.180. The van der Waals surface area contributed by atoms with Crippen LogP contribution >= 0.6 is 23.2 Å². The Bertz CT molecular complexity index is 1030. The fourth-order valence-electron chi connectivity index (χ4n) is 4.67. The monoisotopic (exact) mass is 588 g/mol. The average Bonchev–Trinajstić information content (AvgIpc) is 2.94. The fourth-order valence-corrected chi connectivity index (χ4v) is 4.92. The molecule has 11 nitrogen and oxygen atoms in total. The largest absolute Gasteiger partial charge is 0.394 e. The number of ether oxygens (including phenoxy) is 3. The van der Waals surface area contributed by atoms with E-state index >= 15 is 0 Å². The molecule has 0 unspecified atom stereocenters. The van der Waals surface area contributed by atoms with Crippen molar-refractivity contribution >= 4 is 23.2 Å². The molecule has 2 aromatic rings. The van der Waals surface area contributed by atoms with Crippen molar-refractivity contribution in [3.05, 3.63) is 69.7 Å². The summed E-state index contributed by atoms with van der Waals surface area (Å²) in [6, 6.07) is 13.6. The van der Waals surface area contributed by atoms with Crippen LogP contribution in [0.1, 0.15) is 11.1 Å². The van der Waals surface area contributed by atoms with Gasteiger partial charge in [-0.2, -0.15) is 0 Å². The van der Waals surface area contributed by atoms with Crippen molar-refractivity contribution in [2.75, 3.05) is 13.2 Å². The highest BCUT2D eigenvalue weighted by Gasteiger charge is 2.50. The summed E-state index contributed by atoms with van der Waals surface area (Å²) >= 11 is 12.0. The predicted octanol–water partition coefficient (Wildman–Crippen LogP) is -0.495. The van der Waals surface area contributed by atoms with Gasteiger partial charge in [-0.1, -0.05) is 47.5 Å². The second-order valence-corrected chi connectivity index (χ2v) is 10.5. The topological polar surface area (TPSA) is 173 Å². The highest BCUT2D eigenvalue weighted by molar-refractivity contribution is 6.30. The summed E-state index contributed by atoms with van der Waals surface area (Å²) < 4.78 is 17.4. The molecule has 0 aliphatic carbocycles. The summed E-state index contributed by atoms with van der Waals surface area (Å²) in [7, 11) is 0. The summed E-state index contributed by atoms with van der Waals surface area (Å²) in [5.41, 5.74) is 1.80. The zero-order valence-electron chi connectivity index (χ0n) is 20.9. The lowest BCUT2D eigenvalue weighted by atomic mass is 9.94. The molecule has 13 heteroatoms. The number of halogens is 2. The van der Waals surface area contributed by atoms with Crippen molar-refractivity contribution in [3.63, 3.8) is 0 Å². The Labute approximate surface area is 235 Å². The van der Waals surface area contributed by atoms with Crippen LogP contribution in [0.15, 0.2) is 48.5 Å².